The van der Waals surface area contributed by atoms with E-state index in [0.29, 0.717) is 18.6 Å². The molecule has 0 amide bonds. The van der Waals surface area contributed by atoms with E-state index in [-0.39, 0.29) is 34.7 Å². The number of aromatic nitrogens is 1. The van der Waals surface area contributed by atoms with E-state index in [9.17, 15) is 33.0 Å². The lowest BCUT2D eigenvalue weighted by Gasteiger charge is -2.18. The maximum atomic E-state index is 15.0. The number of halogens is 4. The highest BCUT2D eigenvalue weighted by Gasteiger charge is 2.33. The van der Waals surface area contributed by atoms with Crippen molar-refractivity contribution in [2.75, 3.05) is 0 Å². The lowest BCUT2D eigenvalue weighted by Crippen LogP contribution is -2.18. The Labute approximate surface area is 180 Å². The molecule has 3 rings (SSSR count). The van der Waals surface area contributed by atoms with Crippen molar-refractivity contribution in [3.8, 4) is 5.75 Å². The molecule has 1 unspecified atom stereocenters. The van der Waals surface area contributed by atoms with Gasteiger partial charge in [0.1, 0.15) is 0 Å². The number of phenols is 1. The van der Waals surface area contributed by atoms with Gasteiger partial charge >= 0.3 is 5.97 Å². The molecular formula is C23H21F4NO4. The van der Waals surface area contributed by atoms with Crippen molar-refractivity contribution < 1.29 is 37.4 Å². The molecule has 2 N–H and O–H groups in total. The molecule has 2 aromatic carbocycles. The van der Waals surface area contributed by atoms with Gasteiger partial charge in [0.05, 0.1) is 11.4 Å². The van der Waals surface area contributed by atoms with Gasteiger partial charge in [-0.25, -0.2) is 17.6 Å². The average Bonchev–Trinajstić information content (AvgIpc) is 3.02. The van der Waals surface area contributed by atoms with Crippen LogP contribution in [0.25, 0.3) is 10.9 Å². The summed E-state index contributed by atoms with van der Waals surface area (Å²) in [6.07, 6.45) is 0.736. The molecule has 3 aromatic rings. The van der Waals surface area contributed by atoms with Gasteiger partial charge in [-0.2, -0.15) is 0 Å². The lowest BCUT2D eigenvalue weighted by atomic mass is 9.86. The van der Waals surface area contributed by atoms with Crippen LogP contribution in [0, 0.1) is 36.1 Å². The number of hydrogen-bond acceptors (Lipinski definition) is 3. The number of nitrogens with zero attached hydrogens (tertiary/aromatic N) is 1. The number of rotatable bonds is 6. The standard InChI is InChI=1S/C23H21F4NO4/c1-4-10(2)7-13(23(31)32)18-11(3)28(17-9-16(26)21(29)20(27)19(17)18)22(30)12-5-6-14(24)15(25)8-12/h5-6,8-10,13,29H,4,7H2,1-3H3,(H,31,32)/t10?,13-/m1/s1. The number of hydrogen-bond donors (Lipinski definition) is 2. The molecule has 170 valence electrons. The van der Waals surface area contributed by atoms with Crippen molar-refractivity contribution in [1.82, 2.24) is 4.57 Å². The largest absolute Gasteiger partial charge is 0.503 e. The number of aliphatic carboxylic acids is 1. The summed E-state index contributed by atoms with van der Waals surface area (Å²) >= 11 is 0. The fourth-order valence-corrected chi connectivity index (χ4v) is 3.87. The third-order valence-corrected chi connectivity index (χ3v) is 5.76. The Kier molecular flexibility index (Phi) is 6.29. The van der Waals surface area contributed by atoms with Gasteiger partial charge in [-0.15, -0.1) is 0 Å². The molecular weight excluding hydrogens is 430 g/mol. The van der Waals surface area contributed by atoms with Gasteiger partial charge in [0.15, 0.2) is 29.0 Å². The van der Waals surface area contributed by atoms with E-state index in [4.69, 9.17) is 0 Å². The fraction of sp³-hybridized carbons (Fsp3) is 0.304. The molecule has 0 aliphatic rings. The van der Waals surface area contributed by atoms with Crippen LogP contribution in [0.3, 0.4) is 0 Å². The number of benzene rings is 2. The Bertz CT molecular complexity index is 1230. The molecule has 2 atom stereocenters. The van der Waals surface area contributed by atoms with Crippen LogP contribution in [0.2, 0.25) is 0 Å². The monoisotopic (exact) mass is 451 g/mol. The molecule has 0 fully saturated rings. The molecule has 0 radical (unpaired) electrons. The molecule has 0 spiro atoms. The van der Waals surface area contributed by atoms with E-state index in [1.165, 1.54) is 6.92 Å². The second-order valence-corrected chi connectivity index (χ2v) is 7.82. The van der Waals surface area contributed by atoms with Gasteiger partial charge in [-0.1, -0.05) is 20.3 Å². The number of carbonyl (C=O) groups is 2. The third kappa shape index (κ3) is 3.83. The normalized spacial score (nSPS) is 13.3. The summed E-state index contributed by atoms with van der Waals surface area (Å²) in [6, 6.07) is 3.10. The van der Waals surface area contributed by atoms with Crippen LogP contribution in [-0.4, -0.2) is 26.7 Å². The van der Waals surface area contributed by atoms with Crippen LogP contribution in [-0.2, 0) is 4.79 Å². The van der Waals surface area contributed by atoms with Gasteiger partial charge in [0.25, 0.3) is 5.91 Å². The topological polar surface area (TPSA) is 79.5 Å². The summed E-state index contributed by atoms with van der Waals surface area (Å²) < 4.78 is 57.1. The zero-order valence-electron chi connectivity index (χ0n) is 17.5. The molecule has 9 heteroatoms. The maximum absolute atomic E-state index is 15.0. The molecule has 32 heavy (non-hydrogen) atoms. The van der Waals surface area contributed by atoms with Gasteiger partial charge in [-0.05, 0) is 43.0 Å². The van der Waals surface area contributed by atoms with Crippen LogP contribution in [0.1, 0.15) is 54.2 Å². The van der Waals surface area contributed by atoms with Crippen molar-refractivity contribution >= 4 is 22.8 Å². The SMILES string of the molecule is CCC(C)C[C@@H](C(=O)O)c1c(C)n(C(=O)c2ccc(F)c(F)c2)c2cc(F)c(O)c(F)c12. The molecule has 0 aliphatic carbocycles. The number of carbonyl (C=O) groups excluding carboxylic acids is 1. The number of phenolic OH excluding ortho intramolecular Hbond substituents is 1. The van der Waals surface area contributed by atoms with Crippen LogP contribution in [0.4, 0.5) is 17.6 Å². The minimum atomic E-state index is -1.40. The van der Waals surface area contributed by atoms with Gasteiger partial charge in [0.2, 0.25) is 0 Å². The maximum Gasteiger partial charge on any atom is 0.311 e. The van der Waals surface area contributed by atoms with E-state index in [0.717, 1.165) is 16.7 Å². The molecule has 0 saturated heterocycles. The first-order valence-electron chi connectivity index (χ1n) is 9.93. The highest BCUT2D eigenvalue weighted by atomic mass is 19.2. The zero-order valence-corrected chi connectivity index (χ0v) is 17.5. The van der Waals surface area contributed by atoms with Crippen molar-refractivity contribution in [3.05, 3.63) is 64.4 Å². The molecule has 0 aliphatic heterocycles. The van der Waals surface area contributed by atoms with Gasteiger partial charge in [-0.3, -0.25) is 14.2 Å². The fourth-order valence-electron chi connectivity index (χ4n) is 3.87. The highest BCUT2D eigenvalue weighted by molar-refractivity contribution is 6.05. The summed E-state index contributed by atoms with van der Waals surface area (Å²) in [7, 11) is 0. The van der Waals surface area contributed by atoms with E-state index >= 15 is 4.39 Å². The number of aromatic hydroxyl groups is 1. The van der Waals surface area contributed by atoms with E-state index in [2.05, 4.69) is 0 Å². The summed E-state index contributed by atoms with van der Waals surface area (Å²) in [4.78, 5) is 25.3. The quantitative estimate of drug-likeness (QED) is 0.485. The first-order valence-corrected chi connectivity index (χ1v) is 9.93. The minimum Gasteiger partial charge on any atom is -0.503 e. The predicted octanol–water partition coefficient (Wildman–Crippen LogP) is 5.50. The van der Waals surface area contributed by atoms with Crippen LogP contribution in [0.5, 0.6) is 5.75 Å². The molecule has 1 aromatic heterocycles. The molecule has 5 nitrogen and oxygen atoms in total. The van der Waals surface area contributed by atoms with Gasteiger partial charge < -0.3 is 10.2 Å². The van der Waals surface area contributed by atoms with E-state index in [1.807, 2.05) is 13.8 Å². The Morgan fingerprint density at radius 2 is 1.72 bits per heavy atom. The summed E-state index contributed by atoms with van der Waals surface area (Å²) in [5.41, 5.74) is -0.723. The number of carboxylic acid groups (broad SMARTS) is 1. The summed E-state index contributed by atoms with van der Waals surface area (Å²) in [5, 5.41) is 19.3. The molecule has 1 heterocycles. The first kappa shape index (κ1) is 23.3. The first-order chi connectivity index (χ1) is 15.0. The van der Waals surface area contributed by atoms with Gasteiger partial charge in [0, 0.05) is 22.7 Å². The minimum absolute atomic E-state index is 0.00524. The Balaban J connectivity index is 2.37. The van der Waals surface area contributed by atoms with Crippen molar-refractivity contribution in [2.45, 2.75) is 39.5 Å². The summed E-state index contributed by atoms with van der Waals surface area (Å²) in [6.45, 7) is 5.02. The Morgan fingerprint density at radius 1 is 1.06 bits per heavy atom. The Hall–Kier alpha value is -3.36. The zero-order chi connectivity index (χ0) is 23.9. The summed E-state index contributed by atoms with van der Waals surface area (Å²) in [5.74, 6) is -10.1. The Morgan fingerprint density at radius 3 is 2.28 bits per heavy atom. The van der Waals surface area contributed by atoms with Crippen molar-refractivity contribution in [2.24, 2.45) is 5.92 Å². The molecule has 0 bridgehead atoms. The molecule has 0 saturated carbocycles. The second kappa shape index (κ2) is 8.64. The van der Waals surface area contributed by atoms with Crippen molar-refractivity contribution in [1.29, 1.82) is 0 Å². The van der Waals surface area contributed by atoms with E-state index in [1.54, 1.807) is 0 Å². The second-order valence-electron chi connectivity index (χ2n) is 7.82. The van der Waals surface area contributed by atoms with Crippen molar-refractivity contribution in [3.63, 3.8) is 0 Å². The third-order valence-electron chi connectivity index (χ3n) is 5.76. The average molecular weight is 451 g/mol. The van der Waals surface area contributed by atoms with Crippen LogP contribution < -0.4 is 0 Å². The van der Waals surface area contributed by atoms with E-state index < -0.39 is 52.2 Å². The lowest BCUT2D eigenvalue weighted by molar-refractivity contribution is -0.139. The number of fused-ring (bicyclic) bond motifs is 1. The highest BCUT2D eigenvalue weighted by Crippen LogP contribution is 2.40. The number of carboxylic acids is 1. The smallest absolute Gasteiger partial charge is 0.311 e. The predicted molar refractivity (Wildman–Crippen MR) is 109 cm³/mol. The van der Waals surface area contributed by atoms with Crippen LogP contribution in [0.15, 0.2) is 24.3 Å². The van der Waals surface area contributed by atoms with Crippen LogP contribution >= 0.6 is 0 Å².